The van der Waals surface area contributed by atoms with Gasteiger partial charge in [-0.3, -0.25) is 0 Å². The maximum atomic E-state index is 3.57. The first-order valence-corrected chi connectivity index (χ1v) is 6.75. The molecule has 1 atom stereocenters. The van der Waals surface area contributed by atoms with E-state index in [2.05, 4.69) is 49.2 Å². The van der Waals surface area contributed by atoms with Crippen LogP contribution >= 0.6 is 0 Å². The van der Waals surface area contributed by atoms with E-state index in [4.69, 9.17) is 0 Å². The van der Waals surface area contributed by atoms with Crippen molar-refractivity contribution in [2.75, 3.05) is 24.5 Å². The molecule has 1 heterocycles. The average Bonchev–Trinajstić information content (AvgIpc) is 2.28. The molecule has 0 spiro atoms. The molecule has 1 N–H and O–H groups in total. The van der Waals surface area contributed by atoms with Gasteiger partial charge in [0, 0.05) is 24.8 Å². The van der Waals surface area contributed by atoms with Crippen molar-refractivity contribution >= 4 is 5.69 Å². The Balaban J connectivity index is 2.10. The summed E-state index contributed by atoms with van der Waals surface area (Å²) in [5, 5.41) is 3.57. The van der Waals surface area contributed by atoms with E-state index in [0.717, 1.165) is 13.1 Å². The minimum Gasteiger partial charge on any atom is -0.370 e. The number of hydrogen-bond donors (Lipinski definition) is 1. The zero-order valence-electron chi connectivity index (χ0n) is 11.3. The third-order valence-corrected chi connectivity index (χ3v) is 3.49. The zero-order chi connectivity index (χ0) is 12.3. The average molecular weight is 232 g/mol. The van der Waals surface area contributed by atoms with Gasteiger partial charge >= 0.3 is 0 Å². The number of likely N-dealkylation sites (N-methyl/N-ethyl adjacent to an activating group) is 1. The van der Waals surface area contributed by atoms with Crippen molar-refractivity contribution in [3.63, 3.8) is 0 Å². The Kier molecular flexibility index (Phi) is 4.06. The van der Waals surface area contributed by atoms with Crippen LogP contribution in [0.25, 0.3) is 0 Å². The van der Waals surface area contributed by atoms with E-state index in [1.54, 1.807) is 0 Å². The van der Waals surface area contributed by atoms with E-state index >= 15 is 0 Å². The van der Waals surface area contributed by atoms with Gasteiger partial charge in [0.15, 0.2) is 0 Å². The van der Waals surface area contributed by atoms with E-state index in [-0.39, 0.29) is 0 Å². The van der Waals surface area contributed by atoms with Crippen LogP contribution in [-0.4, -0.2) is 25.7 Å². The van der Waals surface area contributed by atoms with Crippen LogP contribution in [0.15, 0.2) is 18.2 Å². The molecule has 1 aromatic rings. The van der Waals surface area contributed by atoms with Crippen molar-refractivity contribution in [2.45, 2.75) is 39.7 Å². The lowest BCUT2D eigenvalue weighted by Gasteiger charge is -2.35. The molecule has 1 fully saturated rings. The van der Waals surface area contributed by atoms with Gasteiger partial charge in [0.05, 0.1) is 0 Å². The SMILES string of the molecule is CCNC1CCCN(c2cc(C)cc(C)c2)C1. The van der Waals surface area contributed by atoms with Crippen molar-refractivity contribution in [1.29, 1.82) is 0 Å². The summed E-state index contributed by atoms with van der Waals surface area (Å²) in [7, 11) is 0. The van der Waals surface area contributed by atoms with Gasteiger partial charge in [-0.2, -0.15) is 0 Å². The summed E-state index contributed by atoms with van der Waals surface area (Å²) in [5.41, 5.74) is 4.13. The minimum atomic E-state index is 0.662. The molecule has 2 rings (SSSR count). The Morgan fingerprint density at radius 2 is 1.94 bits per heavy atom. The first-order chi connectivity index (χ1) is 8.19. The van der Waals surface area contributed by atoms with Gasteiger partial charge in [0.2, 0.25) is 0 Å². The van der Waals surface area contributed by atoms with E-state index in [9.17, 15) is 0 Å². The molecule has 0 aliphatic carbocycles. The molecule has 17 heavy (non-hydrogen) atoms. The Hall–Kier alpha value is -1.02. The summed E-state index contributed by atoms with van der Waals surface area (Å²) < 4.78 is 0. The van der Waals surface area contributed by atoms with Gasteiger partial charge in [0.25, 0.3) is 0 Å². The molecular weight excluding hydrogens is 208 g/mol. The highest BCUT2D eigenvalue weighted by atomic mass is 15.2. The Morgan fingerprint density at radius 1 is 1.24 bits per heavy atom. The molecule has 94 valence electrons. The van der Waals surface area contributed by atoms with Crippen molar-refractivity contribution in [3.05, 3.63) is 29.3 Å². The Bertz CT molecular complexity index is 351. The summed E-state index contributed by atoms with van der Waals surface area (Å²) in [6.07, 6.45) is 2.61. The maximum absolute atomic E-state index is 3.57. The molecule has 2 nitrogen and oxygen atoms in total. The summed E-state index contributed by atoms with van der Waals surface area (Å²) in [4.78, 5) is 2.52. The van der Waals surface area contributed by atoms with Crippen LogP contribution in [0.3, 0.4) is 0 Å². The fourth-order valence-electron chi connectivity index (χ4n) is 2.80. The first-order valence-electron chi connectivity index (χ1n) is 6.75. The standard InChI is InChI=1S/C15H24N2/c1-4-16-14-6-5-7-17(11-14)15-9-12(2)8-13(3)10-15/h8-10,14,16H,4-7,11H2,1-3H3. The van der Waals surface area contributed by atoms with Crippen LogP contribution in [0.4, 0.5) is 5.69 Å². The molecule has 0 aromatic heterocycles. The number of rotatable bonds is 3. The lowest BCUT2D eigenvalue weighted by atomic mass is 10.0. The minimum absolute atomic E-state index is 0.662. The summed E-state index contributed by atoms with van der Waals surface area (Å²) in [5.74, 6) is 0. The van der Waals surface area contributed by atoms with Crippen LogP contribution in [0.2, 0.25) is 0 Å². The zero-order valence-corrected chi connectivity index (χ0v) is 11.3. The van der Waals surface area contributed by atoms with E-state index in [0.29, 0.717) is 6.04 Å². The van der Waals surface area contributed by atoms with Crippen molar-refractivity contribution in [3.8, 4) is 0 Å². The summed E-state index contributed by atoms with van der Waals surface area (Å²) in [6.45, 7) is 9.98. The van der Waals surface area contributed by atoms with Gasteiger partial charge < -0.3 is 10.2 Å². The molecule has 0 saturated carbocycles. The monoisotopic (exact) mass is 232 g/mol. The van der Waals surface area contributed by atoms with Gasteiger partial charge in [-0.05, 0) is 56.5 Å². The van der Waals surface area contributed by atoms with Crippen LogP contribution < -0.4 is 10.2 Å². The van der Waals surface area contributed by atoms with Crippen LogP contribution in [-0.2, 0) is 0 Å². The number of aryl methyl sites for hydroxylation is 2. The predicted molar refractivity (Wildman–Crippen MR) is 74.8 cm³/mol. The number of anilines is 1. The van der Waals surface area contributed by atoms with Crippen LogP contribution in [0.1, 0.15) is 30.9 Å². The van der Waals surface area contributed by atoms with E-state index < -0.39 is 0 Å². The second-order valence-electron chi connectivity index (χ2n) is 5.19. The van der Waals surface area contributed by atoms with Crippen LogP contribution in [0, 0.1) is 13.8 Å². The van der Waals surface area contributed by atoms with Crippen molar-refractivity contribution in [2.24, 2.45) is 0 Å². The second kappa shape index (κ2) is 5.54. The van der Waals surface area contributed by atoms with Gasteiger partial charge in [-0.15, -0.1) is 0 Å². The number of hydrogen-bond acceptors (Lipinski definition) is 2. The smallest absolute Gasteiger partial charge is 0.0372 e. The van der Waals surface area contributed by atoms with Gasteiger partial charge in [0.1, 0.15) is 0 Å². The predicted octanol–water partition coefficient (Wildman–Crippen LogP) is 2.88. The quantitative estimate of drug-likeness (QED) is 0.862. The number of piperidine rings is 1. The first kappa shape index (κ1) is 12.4. The highest BCUT2D eigenvalue weighted by molar-refractivity contribution is 5.51. The third kappa shape index (κ3) is 3.22. The molecular formula is C15H24N2. The fraction of sp³-hybridized carbons (Fsp3) is 0.600. The molecule has 2 heteroatoms. The lowest BCUT2D eigenvalue weighted by molar-refractivity contribution is 0.431. The van der Waals surface area contributed by atoms with Gasteiger partial charge in [-0.25, -0.2) is 0 Å². The Labute approximate surface area is 105 Å². The molecule has 1 aliphatic rings. The molecule has 0 amide bonds. The lowest BCUT2D eigenvalue weighted by Crippen LogP contribution is -2.45. The maximum Gasteiger partial charge on any atom is 0.0372 e. The highest BCUT2D eigenvalue weighted by Crippen LogP contribution is 2.22. The Morgan fingerprint density at radius 3 is 2.59 bits per heavy atom. The van der Waals surface area contributed by atoms with Gasteiger partial charge in [-0.1, -0.05) is 13.0 Å². The molecule has 1 aliphatic heterocycles. The molecule has 0 bridgehead atoms. The number of nitrogens with zero attached hydrogens (tertiary/aromatic N) is 1. The largest absolute Gasteiger partial charge is 0.370 e. The number of benzene rings is 1. The molecule has 1 saturated heterocycles. The molecule has 1 unspecified atom stereocenters. The highest BCUT2D eigenvalue weighted by Gasteiger charge is 2.19. The summed E-state index contributed by atoms with van der Waals surface area (Å²) >= 11 is 0. The van der Waals surface area contributed by atoms with E-state index in [1.165, 1.54) is 36.2 Å². The molecule has 0 radical (unpaired) electrons. The normalized spacial score (nSPS) is 20.6. The van der Waals surface area contributed by atoms with E-state index in [1.807, 2.05) is 0 Å². The second-order valence-corrected chi connectivity index (χ2v) is 5.19. The molecule has 1 aromatic carbocycles. The van der Waals surface area contributed by atoms with Crippen molar-refractivity contribution in [1.82, 2.24) is 5.32 Å². The summed E-state index contributed by atoms with van der Waals surface area (Å²) in [6, 6.07) is 7.52. The van der Waals surface area contributed by atoms with Crippen LogP contribution in [0.5, 0.6) is 0 Å². The van der Waals surface area contributed by atoms with Crippen molar-refractivity contribution < 1.29 is 0 Å². The third-order valence-electron chi connectivity index (χ3n) is 3.49. The number of nitrogens with one attached hydrogen (secondary N) is 1. The fourth-order valence-corrected chi connectivity index (χ4v) is 2.80. The topological polar surface area (TPSA) is 15.3 Å².